The lowest BCUT2D eigenvalue weighted by Gasteiger charge is -2.23. The van der Waals surface area contributed by atoms with E-state index < -0.39 is 30.5 Å². The van der Waals surface area contributed by atoms with Gasteiger partial charge >= 0.3 is 0 Å². The number of hydrogen-bond donors (Lipinski definition) is 6. The van der Waals surface area contributed by atoms with Gasteiger partial charge in [0, 0.05) is 32.1 Å². The van der Waals surface area contributed by atoms with Gasteiger partial charge < -0.3 is 49.8 Å². The number of ketones is 3. The van der Waals surface area contributed by atoms with Crippen LogP contribution in [0.2, 0.25) is 0 Å². The molecule has 67 heavy (non-hydrogen) atoms. The van der Waals surface area contributed by atoms with Crippen LogP contribution in [0, 0.1) is 59.6 Å². The summed E-state index contributed by atoms with van der Waals surface area (Å²) in [5.41, 5.74) is 0.634. The number of aliphatic hydroxyl groups excluding tert-OH is 6. The van der Waals surface area contributed by atoms with Gasteiger partial charge in [-0.15, -0.1) is 24.7 Å². The van der Waals surface area contributed by atoms with Crippen molar-refractivity contribution in [3.8, 4) is 42.3 Å². The minimum absolute atomic E-state index is 0.0472. The summed E-state index contributed by atoms with van der Waals surface area (Å²) in [6.07, 6.45) is 35.3. The summed E-state index contributed by atoms with van der Waals surface area (Å²) in [5, 5.41) is 58.2. The third kappa shape index (κ3) is 37.4. The Kier molecular flexibility index (Phi) is 33.7. The Morgan fingerprint density at radius 3 is 1.88 bits per heavy atom. The molecule has 1 aliphatic carbocycles. The molecule has 1 unspecified atom stereocenters. The fraction of sp³-hybridized carbons (Fsp3) is 0.482. The van der Waals surface area contributed by atoms with E-state index in [1.165, 1.54) is 37.3 Å². The normalized spacial score (nSPS) is 17.6. The van der Waals surface area contributed by atoms with E-state index in [0.717, 1.165) is 18.4 Å². The number of hydrogen-bond acceptors (Lipinski definition) is 10. The molecule has 0 spiro atoms. The maximum atomic E-state index is 12.8. The van der Waals surface area contributed by atoms with Gasteiger partial charge in [-0.05, 0) is 114 Å². The molecule has 0 bridgehead atoms. The number of benzene rings is 1. The number of carbonyl (C=O) groups is 3. The van der Waals surface area contributed by atoms with Gasteiger partial charge in [-0.3, -0.25) is 0 Å². The molecule has 0 radical (unpaired) electrons. The molecule has 0 saturated heterocycles. The second-order valence-corrected chi connectivity index (χ2v) is 17.4. The number of halogens is 1. The highest BCUT2D eigenvalue weighted by Crippen LogP contribution is 2.43. The Balaban J connectivity index is 0.000000993. The van der Waals surface area contributed by atoms with Gasteiger partial charge in [-0.2, -0.15) is 0 Å². The molecule has 366 valence electrons. The monoisotopic (exact) mass is 927 g/mol. The maximum absolute atomic E-state index is 12.8. The van der Waals surface area contributed by atoms with Gasteiger partial charge in [-0.1, -0.05) is 104 Å². The van der Waals surface area contributed by atoms with E-state index in [1.807, 2.05) is 32.9 Å². The van der Waals surface area contributed by atoms with Crippen molar-refractivity contribution >= 4 is 17.3 Å². The van der Waals surface area contributed by atoms with Crippen LogP contribution in [0.3, 0.4) is 0 Å². The third-order valence-corrected chi connectivity index (χ3v) is 9.74. The maximum Gasteiger partial charge on any atom is 0.130 e. The fourth-order valence-electron chi connectivity index (χ4n) is 6.38. The quantitative estimate of drug-likeness (QED) is 0.0372. The zero-order valence-electron chi connectivity index (χ0n) is 40.3. The smallest absolute Gasteiger partial charge is 0.130 e. The Bertz CT molecular complexity index is 1960. The number of Topliss-reactive ketones (excluding diaryl/α,β-unsaturated/α-hetero) is 3. The molecule has 0 heterocycles. The number of rotatable bonds is 27. The topological polar surface area (TPSA) is 182 Å². The highest BCUT2D eigenvalue weighted by molar-refractivity contribution is 5.76. The molecule has 1 aliphatic rings. The number of ether oxygens (including phenoxy) is 1. The van der Waals surface area contributed by atoms with Crippen LogP contribution in [-0.4, -0.2) is 91.2 Å². The van der Waals surface area contributed by atoms with Crippen molar-refractivity contribution in [1.29, 1.82) is 0 Å². The first-order valence-corrected chi connectivity index (χ1v) is 22.7. The Labute approximate surface area is 399 Å². The van der Waals surface area contributed by atoms with Crippen molar-refractivity contribution < 1.29 is 54.2 Å². The highest BCUT2D eigenvalue weighted by Gasteiger charge is 2.39. The molecule has 1 aromatic rings. The van der Waals surface area contributed by atoms with Gasteiger partial charge in [-0.25, -0.2) is 4.39 Å². The lowest BCUT2D eigenvalue weighted by molar-refractivity contribution is -0.119. The molecule has 0 amide bonds. The predicted octanol–water partition coefficient (Wildman–Crippen LogP) is 8.23. The molecule has 6 N–H and O–H groups in total. The summed E-state index contributed by atoms with van der Waals surface area (Å²) in [4.78, 5) is 32.8. The summed E-state index contributed by atoms with van der Waals surface area (Å²) in [5.74, 6) is 11.5. The third-order valence-electron chi connectivity index (χ3n) is 9.74. The summed E-state index contributed by atoms with van der Waals surface area (Å²) >= 11 is 0. The first-order valence-electron chi connectivity index (χ1n) is 22.7. The fourth-order valence-corrected chi connectivity index (χ4v) is 6.38. The largest absolute Gasteiger partial charge is 0.491 e. The Morgan fingerprint density at radius 2 is 1.31 bits per heavy atom. The molecule has 8 atom stereocenters. The SMILES string of the molecule is C#CC[C@@H](O)/C=C/C=C/C(C)=C\C(O)CCCC(C)=O.C#CC[C@@H](O)/C=C/C=C/[C@@H]1C[C@@H]1[C@@H](O)CCCC(C)=O.CC(=O)CC(C)(C)C[C@H](O)C#C/C=C/C=C/[C@H](O)COc1ccc(F)cc1. The summed E-state index contributed by atoms with van der Waals surface area (Å²) in [6, 6.07) is 5.55. The van der Waals surface area contributed by atoms with E-state index in [4.69, 9.17) is 17.6 Å². The molecule has 11 heteroatoms. The molecule has 10 nitrogen and oxygen atoms in total. The minimum Gasteiger partial charge on any atom is -0.491 e. The van der Waals surface area contributed by atoms with Gasteiger partial charge in [0.15, 0.2) is 0 Å². The van der Waals surface area contributed by atoms with Crippen molar-refractivity contribution in [3.63, 3.8) is 0 Å². The second-order valence-electron chi connectivity index (χ2n) is 17.4. The second kappa shape index (κ2) is 36.7. The van der Waals surface area contributed by atoms with Crippen LogP contribution < -0.4 is 4.74 Å². The van der Waals surface area contributed by atoms with Crippen molar-refractivity contribution in [2.45, 2.75) is 149 Å². The highest BCUT2D eigenvalue weighted by atomic mass is 19.1. The first-order chi connectivity index (χ1) is 31.7. The van der Waals surface area contributed by atoms with Crippen LogP contribution in [0.4, 0.5) is 4.39 Å². The van der Waals surface area contributed by atoms with E-state index >= 15 is 0 Å². The number of aliphatic hydroxyl groups is 6. The number of carbonyl (C=O) groups excluding carboxylic acids is 3. The standard InChI is InChI=1S/C22H27FO4.2C17H24O3/c1-17(24)14-22(2,3)15-19(25)8-6-4-5-7-9-20(26)16-27-21-12-10-18(23)11-13-21;1-3-7-15(19)10-5-4-9-14-12-16(14)17(20)11-6-8-13(2)18;1-4-8-16(19)11-6-5-9-14(2)13-17(20)12-7-10-15(3)18/h4-5,7,9-13,19-20,25-26H,14-16H2,1-3H3;1,4-5,9-10,14-17,19-20H,6-8,11-12H2,2H3;1,5-6,9,11,13,16-17,19-20H,7-8,10,12H2,2-3H3/b5-4+,9-7+;9-4+,10-5+;9-5+,11-6+,14-13-/t19-,20+;14-,15-,16+,17+;16-,17?/m111/s1. The minimum atomic E-state index is -0.814. The van der Waals surface area contributed by atoms with Crippen LogP contribution in [0.15, 0.2) is 109 Å². The van der Waals surface area contributed by atoms with Crippen LogP contribution in [-0.2, 0) is 14.4 Å². The van der Waals surface area contributed by atoms with Gasteiger partial charge in [0.2, 0.25) is 0 Å². The van der Waals surface area contributed by atoms with Crippen LogP contribution in [0.1, 0.15) is 112 Å². The molecule has 0 aliphatic heterocycles. The van der Waals surface area contributed by atoms with E-state index in [0.29, 0.717) is 75.4 Å². The van der Waals surface area contributed by atoms with Crippen molar-refractivity contribution in [3.05, 3.63) is 115 Å². The zero-order valence-corrected chi connectivity index (χ0v) is 40.3. The lowest BCUT2D eigenvalue weighted by Crippen LogP contribution is -2.22. The Hall–Kier alpha value is -5.42. The molecule has 0 aromatic heterocycles. The van der Waals surface area contributed by atoms with Gasteiger partial charge in [0.1, 0.15) is 47.7 Å². The molecule has 1 fully saturated rings. The van der Waals surface area contributed by atoms with Gasteiger partial charge in [0.05, 0.1) is 24.4 Å². The van der Waals surface area contributed by atoms with Gasteiger partial charge in [0.25, 0.3) is 0 Å². The van der Waals surface area contributed by atoms with Crippen LogP contribution in [0.5, 0.6) is 5.75 Å². The Morgan fingerprint density at radius 1 is 0.761 bits per heavy atom. The molecule has 2 rings (SSSR count). The number of allylic oxidation sites excluding steroid dienone is 10. The molecule has 1 saturated carbocycles. The van der Waals surface area contributed by atoms with Crippen molar-refractivity contribution in [2.24, 2.45) is 17.3 Å². The van der Waals surface area contributed by atoms with E-state index in [9.17, 15) is 49.4 Å². The van der Waals surface area contributed by atoms with Crippen LogP contribution in [0.25, 0.3) is 0 Å². The summed E-state index contributed by atoms with van der Waals surface area (Å²) in [7, 11) is 0. The van der Waals surface area contributed by atoms with E-state index in [-0.39, 0.29) is 41.3 Å². The summed E-state index contributed by atoms with van der Waals surface area (Å²) in [6.45, 7) is 10.4. The van der Waals surface area contributed by atoms with Crippen molar-refractivity contribution in [2.75, 3.05) is 6.61 Å². The lowest BCUT2D eigenvalue weighted by atomic mass is 9.82. The molecular formula is C56H75FO10. The summed E-state index contributed by atoms with van der Waals surface area (Å²) < 4.78 is 18.1. The average molecular weight is 927 g/mol. The number of terminal acetylenes is 2. The first kappa shape index (κ1) is 61.6. The average Bonchev–Trinajstić information content (AvgIpc) is 4.02. The molecular weight excluding hydrogens is 852 g/mol. The molecule has 1 aromatic carbocycles. The van der Waals surface area contributed by atoms with Crippen LogP contribution >= 0.6 is 0 Å². The predicted molar refractivity (Wildman–Crippen MR) is 266 cm³/mol. The zero-order chi connectivity index (χ0) is 50.6. The van der Waals surface area contributed by atoms with Crippen molar-refractivity contribution in [1.82, 2.24) is 0 Å². The van der Waals surface area contributed by atoms with E-state index in [1.54, 1.807) is 68.5 Å². The van der Waals surface area contributed by atoms with E-state index in [2.05, 4.69) is 29.8 Å².